The number of fused-ring (bicyclic) bond motifs is 1. The van der Waals surface area contributed by atoms with Crippen LogP contribution in [-0.2, 0) is 25.6 Å². The van der Waals surface area contributed by atoms with Crippen molar-refractivity contribution in [2.75, 3.05) is 13.6 Å². The van der Waals surface area contributed by atoms with E-state index in [0.29, 0.717) is 23.8 Å². The van der Waals surface area contributed by atoms with Crippen LogP contribution in [0.5, 0.6) is 0 Å². The van der Waals surface area contributed by atoms with Gasteiger partial charge in [0.25, 0.3) is 6.35 Å². The summed E-state index contributed by atoms with van der Waals surface area (Å²) >= 11 is 0. The average molecular weight is 322 g/mol. The van der Waals surface area contributed by atoms with E-state index in [-0.39, 0.29) is 0 Å². The van der Waals surface area contributed by atoms with E-state index in [9.17, 15) is 9.59 Å². The lowest BCUT2D eigenvalue weighted by Gasteiger charge is -2.40. The summed E-state index contributed by atoms with van der Waals surface area (Å²) in [6.45, 7) is 2.56. The van der Waals surface area contributed by atoms with Gasteiger partial charge in [-0.3, -0.25) is 0 Å². The normalized spacial score (nSPS) is 21.6. The maximum absolute atomic E-state index is 11.3. The molecule has 0 aromatic carbocycles. The van der Waals surface area contributed by atoms with Gasteiger partial charge in [-0.25, -0.2) is 14.5 Å². The summed E-state index contributed by atoms with van der Waals surface area (Å²) < 4.78 is 10.2. The number of carbonyl (C=O) groups excluding carboxylic acids is 2. The van der Waals surface area contributed by atoms with Gasteiger partial charge in [0.05, 0.1) is 6.20 Å². The Bertz CT molecular complexity index is 641. The molecule has 2 aliphatic heterocycles. The highest BCUT2D eigenvalue weighted by molar-refractivity contribution is 6.30. The van der Waals surface area contributed by atoms with Gasteiger partial charge in [0.2, 0.25) is 11.7 Å². The third kappa shape index (κ3) is 3.19. The molecule has 23 heavy (non-hydrogen) atoms. The average Bonchev–Trinajstić information content (AvgIpc) is 2.98. The van der Waals surface area contributed by atoms with Gasteiger partial charge in [0.1, 0.15) is 0 Å². The molecule has 3 rings (SSSR count). The van der Waals surface area contributed by atoms with Gasteiger partial charge in [0, 0.05) is 18.5 Å². The number of ether oxygens (including phenoxy) is 1. The molecule has 2 aliphatic rings. The molecule has 9 heteroatoms. The van der Waals surface area contributed by atoms with Crippen LogP contribution in [0, 0.1) is 0 Å². The number of esters is 1. The van der Waals surface area contributed by atoms with E-state index >= 15 is 0 Å². The van der Waals surface area contributed by atoms with Crippen LogP contribution in [0.15, 0.2) is 10.7 Å². The van der Waals surface area contributed by atoms with Crippen molar-refractivity contribution in [1.29, 1.82) is 0 Å². The highest BCUT2D eigenvalue weighted by Gasteiger charge is 2.41. The van der Waals surface area contributed by atoms with Crippen molar-refractivity contribution in [1.82, 2.24) is 20.1 Å². The van der Waals surface area contributed by atoms with Crippen LogP contribution in [0.2, 0.25) is 0 Å². The largest absolute Gasteiger partial charge is 0.441 e. The number of carbonyl (C=O) groups is 2. The Labute approximate surface area is 132 Å². The number of aryl methyl sites for hydroxylation is 1. The zero-order chi connectivity index (χ0) is 16.4. The number of likely N-dealkylation sites (N-methyl/N-ethyl adjacent to an activating group) is 1. The van der Waals surface area contributed by atoms with E-state index in [1.54, 1.807) is 18.1 Å². The Hall–Kier alpha value is -2.42. The van der Waals surface area contributed by atoms with Crippen LogP contribution in [0.3, 0.4) is 0 Å². The predicted octanol–water partition coefficient (Wildman–Crippen LogP) is 0.689. The lowest BCUT2D eigenvalue weighted by molar-refractivity contribution is -0.277. The predicted molar refractivity (Wildman–Crippen MR) is 75.9 cm³/mol. The van der Waals surface area contributed by atoms with Crippen molar-refractivity contribution in [3.63, 3.8) is 0 Å². The van der Waals surface area contributed by atoms with Crippen LogP contribution in [0.25, 0.3) is 5.57 Å². The molecule has 1 aromatic heterocycles. The van der Waals surface area contributed by atoms with Crippen LogP contribution in [-0.4, -0.2) is 52.0 Å². The van der Waals surface area contributed by atoms with Gasteiger partial charge in [-0.05, 0) is 13.5 Å². The smallest absolute Gasteiger partial charge is 0.416 e. The first kappa shape index (κ1) is 15.5. The monoisotopic (exact) mass is 322 g/mol. The van der Waals surface area contributed by atoms with Gasteiger partial charge in [0.15, 0.2) is 0 Å². The molecule has 1 atom stereocenters. The minimum absolute atomic E-state index is 0.430. The molecule has 0 N–H and O–H groups in total. The van der Waals surface area contributed by atoms with Crippen molar-refractivity contribution in [3.05, 3.63) is 17.9 Å². The van der Waals surface area contributed by atoms with Crippen LogP contribution < -0.4 is 0 Å². The van der Waals surface area contributed by atoms with Gasteiger partial charge in [-0.2, -0.15) is 10.0 Å². The van der Waals surface area contributed by atoms with Gasteiger partial charge in [-0.1, -0.05) is 24.9 Å². The van der Waals surface area contributed by atoms with Crippen molar-refractivity contribution in [2.24, 2.45) is 0 Å². The number of unbranched alkanes of at least 4 members (excludes halogenated alkanes) is 2. The number of hydrogen-bond acceptors (Lipinski definition) is 9. The lowest BCUT2D eigenvalue weighted by atomic mass is 10.2. The minimum Gasteiger partial charge on any atom is -0.416 e. The number of hydroxylamine groups is 2. The number of aromatic nitrogens is 2. The second-order valence-corrected chi connectivity index (χ2v) is 5.51. The Kier molecular flexibility index (Phi) is 4.28. The van der Waals surface area contributed by atoms with Crippen LogP contribution >= 0.6 is 0 Å². The van der Waals surface area contributed by atoms with Gasteiger partial charge >= 0.3 is 11.9 Å². The molecule has 124 valence electrons. The molecule has 1 aromatic rings. The first-order chi connectivity index (χ1) is 11.1. The molecule has 1 saturated heterocycles. The fourth-order valence-electron chi connectivity index (χ4n) is 2.43. The Morgan fingerprint density at radius 3 is 2.91 bits per heavy atom. The molecule has 1 fully saturated rings. The second-order valence-electron chi connectivity index (χ2n) is 5.51. The molecule has 0 bridgehead atoms. The van der Waals surface area contributed by atoms with E-state index in [0.717, 1.165) is 25.7 Å². The fourth-order valence-corrected chi connectivity index (χ4v) is 2.43. The van der Waals surface area contributed by atoms with Crippen molar-refractivity contribution < 1.29 is 23.7 Å². The van der Waals surface area contributed by atoms with E-state index < -0.39 is 18.3 Å². The fraction of sp³-hybridized carbons (Fsp3) is 0.571. The van der Waals surface area contributed by atoms with E-state index in [1.165, 1.54) is 5.06 Å². The summed E-state index contributed by atoms with van der Waals surface area (Å²) in [6.07, 6.45) is 4.74. The molecule has 0 saturated carbocycles. The number of hydrogen-bond donors (Lipinski definition) is 0. The van der Waals surface area contributed by atoms with Crippen LogP contribution in [0.1, 0.15) is 37.9 Å². The number of rotatable bonds is 5. The maximum atomic E-state index is 11.3. The summed E-state index contributed by atoms with van der Waals surface area (Å²) in [4.78, 5) is 33.6. The quantitative estimate of drug-likeness (QED) is 0.440. The zero-order valence-electron chi connectivity index (χ0n) is 13.0. The highest BCUT2D eigenvalue weighted by Crippen LogP contribution is 2.25. The summed E-state index contributed by atoms with van der Waals surface area (Å²) in [5.41, 5.74) is 0.708. The van der Waals surface area contributed by atoms with Crippen LogP contribution in [0.4, 0.5) is 0 Å². The minimum atomic E-state index is -1.06. The summed E-state index contributed by atoms with van der Waals surface area (Å²) in [6, 6.07) is 0. The SMILES string of the molecule is CCCCCc1nc(C2=CN3OC(=O)C(=O)OC3N(C)C2)no1. The summed E-state index contributed by atoms with van der Waals surface area (Å²) in [5, 5.41) is 5.14. The molecule has 3 heterocycles. The Morgan fingerprint density at radius 1 is 1.30 bits per heavy atom. The molecule has 0 radical (unpaired) electrons. The number of nitrogens with zero attached hydrogens (tertiary/aromatic N) is 4. The van der Waals surface area contributed by atoms with Crippen molar-refractivity contribution in [2.45, 2.75) is 39.0 Å². The first-order valence-corrected chi connectivity index (χ1v) is 7.53. The lowest BCUT2D eigenvalue weighted by Crippen LogP contribution is -2.56. The van der Waals surface area contributed by atoms with Crippen molar-refractivity contribution >= 4 is 17.5 Å². The first-order valence-electron chi connectivity index (χ1n) is 7.53. The third-order valence-corrected chi connectivity index (χ3v) is 3.61. The van der Waals surface area contributed by atoms with Gasteiger partial charge < -0.3 is 14.1 Å². The van der Waals surface area contributed by atoms with E-state index in [4.69, 9.17) is 14.1 Å². The molecular weight excluding hydrogens is 304 g/mol. The highest BCUT2D eigenvalue weighted by atomic mass is 16.8. The maximum Gasteiger partial charge on any atom is 0.441 e. The standard InChI is InChI=1S/C14H18N4O5/c1-3-4-5-6-10-15-11(16-22-10)9-7-17(2)14-18(8-9)23-13(20)12(19)21-14/h8,14H,3-7H2,1-2H3. The topological polar surface area (TPSA) is 98.0 Å². The third-order valence-electron chi connectivity index (χ3n) is 3.61. The van der Waals surface area contributed by atoms with Crippen molar-refractivity contribution in [3.8, 4) is 0 Å². The molecule has 0 amide bonds. The van der Waals surface area contributed by atoms with E-state index in [2.05, 4.69) is 17.1 Å². The summed E-state index contributed by atoms with van der Waals surface area (Å²) in [5.74, 6) is -1.04. The second kappa shape index (κ2) is 6.37. The molecule has 0 aliphatic carbocycles. The zero-order valence-corrected chi connectivity index (χ0v) is 13.0. The van der Waals surface area contributed by atoms with Gasteiger partial charge in [-0.15, -0.1) is 0 Å². The Balaban J connectivity index is 1.74. The molecular formula is C14H18N4O5. The molecule has 0 spiro atoms. The van der Waals surface area contributed by atoms with E-state index in [1.807, 2.05) is 0 Å². The summed E-state index contributed by atoms with van der Waals surface area (Å²) in [7, 11) is 1.74. The molecule has 9 nitrogen and oxygen atoms in total. The molecule has 1 unspecified atom stereocenters. The Morgan fingerprint density at radius 2 is 2.13 bits per heavy atom.